The Morgan fingerprint density at radius 1 is 1.57 bits per heavy atom. The molecule has 14 heavy (non-hydrogen) atoms. The van der Waals surface area contributed by atoms with Crippen LogP contribution in [-0.2, 0) is 4.79 Å². The van der Waals surface area contributed by atoms with Crippen LogP contribution in [0.3, 0.4) is 0 Å². The van der Waals surface area contributed by atoms with Crippen molar-refractivity contribution in [2.24, 2.45) is 4.99 Å². The van der Waals surface area contributed by atoms with E-state index in [1.165, 1.54) is 12.8 Å². The van der Waals surface area contributed by atoms with E-state index in [2.05, 4.69) is 15.3 Å². The number of likely N-dealkylation sites (N-methyl/N-ethyl adjacent to an activating group) is 1. The number of rotatable bonds is 2. The third-order valence-corrected chi connectivity index (χ3v) is 2.69. The average Bonchev–Trinajstić information content (AvgIpc) is 2.85. The zero-order chi connectivity index (χ0) is 9.97. The van der Waals surface area contributed by atoms with Crippen LogP contribution in [0.2, 0.25) is 0 Å². The topological polar surface area (TPSA) is 47.9 Å². The summed E-state index contributed by atoms with van der Waals surface area (Å²) in [5, 5.41) is 1.85. The first-order chi connectivity index (χ1) is 6.85. The number of nitrogens with zero attached hydrogens (tertiary/aromatic N) is 3. The molecule has 0 aromatic rings. The van der Waals surface area contributed by atoms with E-state index in [9.17, 15) is 4.79 Å². The van der Waals surface area contributed by atoms with Gasteiger partial charge >= 0.3 is 0 Å². The van der Waals surface area contributed by atoms with Crippen LogP contribution in [0.15, 0.2) is 4.99 Å². The van der Waals surface area contributed by atoms with Crippen LogP contribution in [0.4, 0.5) is 0 Å². The van der Waals surface area contributed by atoms with Gasteiger partial charge < -0.3 is 4.90 Å². The number of aliphatic imine (C=N–C) groups is 1. The van der Waals surface area contributed by atoms with Crippen molar-refractivity contribution < 1.29 is 4.79 Å². The first-order valence-electron chi connectivity index (χ1n) is 5.16. The van der Waals surface area contributed by atoms with Crippen LogP contribution in [0.5, 0.6) is 0 Å². The van der Waals surface area contributed by atoms with Gasteiger partial charge in [-0.15, -0.1) is 0 Å². The third-order valence-electron chi connectivity index (χ3n) is 2.69. The lowest BCUT2D eigenvalue weighted by Crippen LogP contribution is -2.46. The summed E-state index contributed by atoms with van der Waals surface area (Å²) in [7, 11) is 0. The number of carbonyl (C=O) groups is 1. The van der Waals surface area contributed by atoms with Crippen LogP contribution in [0.25, 0.3) is 0 Å². The van der Waals surface area contributed by atoms with Crippen LogP contribution in [-0.4, -0.2) is 48.0 Å². The number of hydrogen-bond acceptors (Lipinski definition) is 5. The van der Waals surface area contributed by atoms with E-state index in [0.29, 0.717) is 0 Å². The van der Waals surface area contributed by atoms with Crippen molar-refractivity contribution in [2.75, 3.05) is 19.6 Å². The number of nitrogens with one attached hydrogen (secondary N) is 1. The van der Waals surface area contributed by atoms with Crippen molar-refractivity contribution in [3.63, 3.8) is 0 Å². The predicted octanol–water partition coefficient (Wildman–Crippen LogP) is -0.197. The smallest absolute Gasteiger partial charge is 0.210 e. The molecule has 0 saturated carbocycles. The van der Waals surface area contributed by atoms with Gasteiger partial charge in [-0.05, 0) is 12.8 Å². The summed E-state index contributed by atoms with van der Waals surface area (Å²) in [5.41, 5.74) is 3.16. The van der Waals surface area contributed by atoms with Crippen molar-refractivity contribution in [3.05, 3.63) is 0 Å². The van der Waals surface area contributed by atoms with Crippen molar-refractivity contribution in [1.82, 2.24) is 15.3 Å². The Labute approximate surface area is 83.7 Å². The van der Waals surface area contributed by atoms with Crippen molar-refractivity contribution >= 4 is 12.2 Å². The number of likely N-dealkylation sites (tertiary alicyclic amines) is 1. The molecule has 0 aromatic heterocycles. The summed E-state index contributed by atoms with van der Waals surface area (Å²) in [5.74, 6) is 0.862. The molecule has 78 valence electrons. The van der Waals surface area contributed by atoms with E-state index in [1.807, 2.05) is 11.9 Å². The van der Waals surface area contributed by atoms with E-state index in [-0.39, 0.29) is 6.17 Å². The summed E-state index contributed by atoms with van der Waals surface area (Å²) in [6.07, 6.45) is 2.98. The lowest BCUT2D eigenvalue weighted by atomic mass is 10.4. The summed E-state index contributed by atoms with van der Waals surface area (Å²) >= 11 is 0. The molecule has 0 radical (unpaired) electrons. The highest BCUT2D eigenvalue weighted by Crippen LogP contribution is 2.12. The monoisotopic (exact) mass is 196 g/mol. The largest absolute Gasteiger partial charge is 0.342 e. The van der Waals surface area contributed by atoms with Gasteiger partial charge in [0.2, 0.25) is 5.96 Å². The molecule has 0 bridgehead atoms. The summed E-state index contributed by atoms with van der Waals surface area (Å²) < 4.78 is 0. The van der Waals surface area contributed by atoms with Crippen LogP contribution in [0, 0.1) is 0 Å². The van der Waals surface area contributed by atoms with E-state index in [1.54, 1.807) is 0 Å². The van der Waals surface area contributed by atoms with E-state index in [0.717, 1.165) is 31.9 Å². The lowest BCUT2D eigenvalue weighted by Gasteiger charge is -2.21. The van der Waals surface area contributed by atoms with E-state index < -0.39 is 0 Å². The second-order valence-corrected chi connectivity index (χ2v) is 3.59. The zero-order valence-corrected chi connectivity index (χ0v) is 8.44. The SMILES string of the molecule is CCN1NC(N2CCCC2)=NC1C=O. The van der Waals surface area contributed by atoms with Crippen LogP contribution < -0.4 is 5.43 Å². The van der Waals surface area contributed by atoms with Gasteiger partial charge in [0.15, 0.2) is 12.5 Å². The lowest BCUT2D eigenvalue weighted by molar-refractivity contribution is -0.112. The molecule has 2 heterocycles. The molecular weight excluding hydrogens is 180 g/mol. The molecular formula is C9H16N4O. The Morgan fingerprint density at radius 2 is 2.29 bits per heavy atom. The number of guanidine groups is 1. The maximum atomic E-state index is 10.7. The second-order valence-electron chi connectivity index (χ2n) is 3.59. The van der Waals surface area contributed by atoms with Gasteiger partial charge in [0.1, 0.15) is 0 Å². The van der Waals surface area contributed by atoms with Crippen molar-refractivity contribution in [2.45, 2.75) is 25.9 Å². The van der Waals surface area contributed by atoms with Gasteiger partial charge in [0.05, 0.1) is 0 Å². The molecule has 0 amide bonds. The first-order valence-corrected chi connectivity index (χ1v) is 5.16. The summed E-state index contributed by atoms with van der Waals surface area (Å²) in [6.45, 7) is 4.89. The number of hydrogen-bond donors (Lipinski definition) is 1. The molecule has 0 aromatic carbocycles. The molecule has 1 N–H and O–H groups in total. The standard InChI is InChI=1S/C9H16N4O/c1-2-13-8(7-14)10-9(11-13)12-5-3-4-6-12/h7-8H,2-6H2,1H3,(H,10,11). The van der Waals surface area contributed by atoms with Crippen molar-refractivity contribution in [3.8, 4) is 0 Å². The summed E-state index contributed by atoms with van der Waals surface area (Å²) in [6, 6.07) is 0. The fourth-order valence-electron chi connectivity index (χ4n) is 1.87. The molecule has 2 rings (SSSR count). The minimum atomic E-state index is -0.337. The predicted molar refractivity (Wildman–Crippen MR) is 53.6 cm³/mol. The van der Waals surface area contributed by atoms with E-state index >= 15 is 0 Å². The minimum Gasteiger partial charge on any atom is -0.342 e. The Hall–Kier alpha value is -1.10. The molecule has 5 nitrogen and oxygen atoms in total. The van der Waals surface area contributed by atoms with Gasteiger partial charge in [0, 0.05) is 19.6 Å². The van der Waals surface area contributed by atoms with Gasteiger partial charge in [-0.3, -0.25) is 10.2 Å². The maximum absolute atomic E-state index is 10.7. The van der Waals surface area contributed by atoms with Gasteiger partial charge in [-0.25, -0.2) is 4.99 Å². The average molecular weight is 196 g/mol. The Bertz CT molecular complexity index is 247. The normalized spacial score (nSPS) is 27.6. The van der Waals surface area contributed by atoms with Gasteiger partial charge in [-0.2, -0.15) is 5.01 Å². The molecule has 2 aliphatic heterocycles. The van der Waals surface area contributed by atoms with Crippen molar-refractivity contribution in [1.29, 1.82) is 0 Å². The molecule has 0 aliphatic carbocycles. The molecule has 1 saturated heterocycles. The molecule has 1 atom stereocenters. The summed E-state index contributed by atoms with van der Waals surface area (Å²) in [4.78, 5) is 17.3. The molecule has 1 fully saturated rings. The fraction of sp³-hybridized carbons (Fsp3) is 0.778. The molecule has 1 unspecified atom stereocenters. The third kappa shape index (κ3) is 1.59. The first kappa shape index (κ1) is 9.45. The quantitative estimate of drug-likeness (QED) is 0.622. The Kier molecular flexibility index (Phi) is 2.67. The van der Waals surface area contributed by atoms with E-state index in [4.69, 9.17) is 0 Å². The Morgan fingerprint density at radius 3 is 2.79 bits per heavy atom. The maximum Gasteiger partial charge on any atom is 0.210 e. The van der Waals surface area contributed by atoms with Crippen LogP contribution in [0.1, 0.15) is 19.8 Å². The fourth-order valence-corrected chi connectivity index (χ4v) is 1.87. The highest BCUT2D eigenvalue weighted by Gasteiger charge is 2.28. The zero-order valence-electron chi connectivity index (χ0n) is 8.44. The minimum absolute atomic E-state index is 0.337. The van der Waals surface area contributed by atoms with Gasteiger partial charge in [-0.1, -0.05) is 6.92 Å². The number of carbonyl (C=O) groups excluding carboxylic acids is 1. The molecule has 0 spiro atoms. The van der Waals surface area contributed by atoms with Gasteiger partial charge in [0.25, 0.3) is 0 Å². The molecule has 2 aliphatic rings. The second kappa shape index (κ2) is 3.96. The van der Waals surface area contributed by atoms with Crippen LogP contribution >= 0.6 is 0 Å². The Balaban J connectivity index is 2.03. The number of aldehydes is 1. The molecule has 5 heteroatoms. The highest BCUT2D eigenvalue weighted by molar-refractivity contribution is 5.83. The number of hydrazine groups is 1. The highest BCUT2D eigenvalue weighted by atomic mass is 16.1.